The van der Waals surface area contributed by atoms with Crippen molar-refractivity contribution in [3.8, 4) is 5.75 Å². The van der Waals surface area contributed by atoms with Crippen LogP contribution in [0.25, 0.3) is 0 Å². The highest BCUT2D eigenvalue weighted by Gasteiger charge is 2.12. The second-order valence-corrected chi connectivity index (χ2v) is 5.78. The summed E-state index contributed by atoms with van der Waals surface area (Å²) in [5.41, 5.74) is 2.63. The number of rotatable bonds is 5. The summed E-state index contributed by atoms with van der Waals surface area (Å²) in [5.74, 6) is 0.994. The lowest BCUT2D eigenvalue weighted by molar-refractivity contribution is 0.0921. The van der Waals surface area contributed by atoms with E-state index in [0.717, 1.165) is 16.1 Å². The van der Waals surface area contributed by atoms with E-state index < -0.39 is 0 Å². The molecule has 0 spiro atoms. The second kappa shape index (κ2) is 6.77. The highest BCUT2D eigenvalue weighted by molar-refractivity contribution is 6.31. The van der Waals surface area contributed by atoms with Gasteiger partial charge in [0.25, 0.3) is 0 Å². The Kier molecular flexibility index (Phi) is 5.03. The molecule has 3 heteroatoms. The molecule has 2 rings (SSSR count). The van der Waals surface area contributed by atoms with E-state index >= 15 is 0 Å². The molecule has 0 atom stereocenters. The van der Waals surface area contributed by atoms with Gasteiger partial charge < -0.3 is 4.74 Å². The number of Topliss-reactive ketones (excluding diaryl/α,β-unsaturated/α-hetero) is 1. The lowest BCUT2D eigenvalue weighted by Crippen LogP contribution is -2.12. The Morgan fingerprint density at radius 3 is 2.48 bits per heavy atom. The van der Waals surface area contributed by atoms with Crippen LogP contribution in [0, 0.1) is 6.92 Å². The zero-order chi connectivity index (χ0) is 15.4. The van der Waals surface area contributed by atoms with Crippen LogP contribution in [0.4, 0.5) is 0 Å². The van der Waals surface area contributed by atoms with Crippen molar-refractivity contribution in [3.05, 3.63) is 64.2 Å². The van der Waals surface area contributed by atoms with Crippen molar-refractivity contribution in [3.63, 3.8) is 0 Å². The maximum absolute atomic E-state index is 12.1. The minimum Gasteiger partial charge on any atom is -0.485 e. The molecule has 0 saturated heterocycles. The zero-order valence-corrected chi connectivity index (χ0v) is 13.3. The molecule has 0 unspecified atom stereocenters. The minimum absolute atomic E-state index is 0.0314. The van der Waals surface area contributed by atoms with Gasteiger partial charge in [-0.3, -0.25) is 4.79 Å². The highest BCUT2D eigenvalue weighted by atomic mass is 35.5. The zero-order valence-electron chi connectivity index (χ0n) is 12.5. The Balaban J connectivity index is 2.13. The Hall–Kier alpha value is -1.80. The Bertz CT molecular complexity index is 633. The third-order valence-electron chi connectivity index (χ3n) is 3.37. The Labute approximate surface area is 130 Å². The molecule has 0 aliphatic heterocycles. The number of ketones is 1. The van der Waals surface area contributed by atoms with E-state index in [2.05, 4.69) is 13.8 Å². The van der Waals surface area contributed by atoms with E-state index in [1.165, 1.54) is 0 Å². The maximum atomic E-state index is 12.1. The van der Waals surface area contributed by atoms with Crippen molar-refractivity contribution in [1.29, 1.82) is 0 Å². The predicted octanol–water partition coefficient (Wildman–Crippen LogP) is 5.03. The third-order valence-corrected chi connectivity index (χ3v) is 3.70. The van der Waals surface area contributed by atoms with Gasteiger partial charge in [-0.25, -0.2) is 0 Å². The van der Waals surface area contributed by atoms with Crippen molar-refractivity contribution in [2.75, 3.05) is 6.61 Å². The van der Waals surface area contributed by atoms with Gasteiger partial charge in [0.2, 0.25) is 0 Å². The van der Waals surface area contributed by atoms with E-state index in [4.69, 9.17) is 16.3 Å². The lowest BCUT2D eigenvalue weighted by Gasteiger charge is -2.14. The van der Waals surface area contributed by atoms with Crippen LogP contribution in [0.5, 0.6) is 5.75 Å². The first-order chi connectivity index (χ1) is 9.99. The molecule has 21 heavy (non-hydrogen) atoms. The fraction of sp³-hybridized carbons (Fsp3) is 0.278. The van der Waals surface area contributed by atoms with Gasteiger partial charge in [0.15, 0.2) is 12.4 Å². The molecule has 2 aromatic carbocycles. The predicted molar refractivity (Wildman–Crippen MR) is 86.5 cm³/mol. The maximum Gasteiger partial charge on any atom is 0.200 e. The van der Waals surface area contributed by atoms with E-state index in [0.29, 0.717) is 17.2 Å². The summed E-state index contributed by atoms with van der Waals surface area (Å²) in [4.78, 5) is 12.1. The van der Waals surface area contributed by atoms with E-state index in [1.54, 1.807) is 12.1 Å². The number of carbonyl (C=O) groups is 1. The number of benzene rings is 2. The fourth-order valence-corrected chi connectivity index (χ4v) is 2.55. The van der Waals surface area contributed by atoms with Crippen LogP contribution >= 0.6 is 11.6 Å². The van der Waals surface area contributed by atoms with Gasteiger partial charge in [-0.05, 0) is 36.1 Å². The van der Waals surface area contributed by atoms with Gasteiger partial charge in [0, 0.05) is 10.6 Å². The molecule has 0 heterocycles. The average molecular weight is 303 g/mol. The van der Waals surface area contributed by atoms with E-state index in [9.17, 15) is 4.79 Å². The molecule has 2 nitrogen and oxygen atoms in total. The van der Waals surface area contributed by atoms with Crippen LogP contribution in [0.3, 0.4) is 0 Å². The van der Waals surface area contributed by atoms with E-state index in [1.807, 2.05) is 37.3 Å². The quantitative estimate of drug-likeness (QED) is 0.724. The molecular formula is C18H19ClO2. The summed E-state index contributed by atoms with van der Waals surface area (Å²) in [5, 5.41) is 0.740. The molecule has 0 fully saturated rings. The molecule has 0 aliphatic rings. The van der Waals surface area contributed by atoms with Crippen LogP contribution in [-0.2, 0) is 0 Å². The Morgan fingerprint density at radius 2 is 1.86 bits per heavy atom. The molecule has 0 saturated carbocycles. The fourth-order valence-electron chi connectivity index (χ4n) is 2.12. The van der Waals surface area contributed by atoms with Crippen LogP contribution in [0.15, 0.2) is 42.5 Å². The molecule has 2 aromatic rings. The monoisotopic (exact) mass is 302 g/mol. The van der Waals surface area contributed by atoms with E-state index in [-0.39, 0.29) is 12.4 Å². The normalized spacial score (nSPS) is 10.7. The summed E-state index contributed by atoms with van der Waals surface area (Å²) < 4.78 is 5.69. The molecule has 0 aromatic heterocycles. The average Bonchev–Trinajstić information content (AvgIpc) is 2.46. The molecule has 0 N–H and O–H groups in total. The van der Waals surface area contributed by atoms with Crippen LogP contribution in [0.1, 0.15) is 41.3 Å². The Morgan fingerprint density at radius 1 is 1.19 bits per heavy atom. The molecule has 0 radical (unpaired) electrons. The van der Waals surface area contributed by atoms with Gasteiger partial charge in [-0.1, -0.05) is 55.8 Å². The van der Waals surface area contributed by atoms with Crippen molar-refractivity contribution in [1.82, 2.24) is 0 Å². The highest BCUT2D eigenvalue weighted by Crippen LogP contribution is 2.31. The van der Waals surface area contributed by atoms with Gasteiger partial charge >= 0.3 is 0 Å². The summed E-state index contributed by atoms with van der Waals surface area (Å²) in [6.45, 7) is 6.12. The number of hydrogen-bond acceptors (Lipinski definition) is 2. The number of aryl methyl sites for hydroxylation is 1. The number of halogens is 1. The first-order valence-electron chi connectivity index (χ1n) is 7.00. The van der Waals surface area contributed by atoms with Gasteiger partial charge in [-0.15, -0.1) is 0 Å². The topological polar surface area (TPSA) is 26.3 Å². The number of carbonyl (C=O) groups excluding carboxylic acids is 1. The minimum atomic E-state index is -0.0314. The third kappa shape index (κ3) is 3.85. The first-order valence-corrected chi connectivity index (χ1v) is 7.38. The second-order valence-electron chi connectivity index (χ2n) is 5.37. The largest absolute Gasteiger partial charge is 0.485 e. The summed E-state index contributed by atoms with van der Waals surface area (Å²) >= 11 is 6.23. The summed E-state index contributed by atoms with van der Waals surface area (Å²) in [6.07, 6.45) is 0. The first kappa shape index (κ1) is 15.6. The van der Waals surface area contributed by atoms with Gasteiger partial charge in [0.1, 0.15) is 5.75 Å². The van der Waals surface area contributed by atoms with Crippen LogP contribution in [0.2, 0.25) is 5.02 Å². The molecule has 110 valence electrons. The van der Waals surface area contributed by atoms with Gasteiger partial charge in [0.05, 0.1) is 0 Å². The van der Waals surface area contributed by atoms with Gasteiger partial charge in [-0.2, -0.15) is 0 Å². The van der Waals surface area contributed by atoms with Crippen molar-refractivity contribution in [2.45, 2.75) is 26.7 Å². The van der Waals surface area contributed by atoms with Crippen LogP contribution < -0.4 is 4.74 Å². The lowest BCUT2D eigenvalue weighted by atomic mass is 10.0. The van der Waals surface area contributed by atoms with Crippen molar-refractivity contribution in [2.24, 2.45) is 0 Å². The number of ether oxygens (including phenoxy) is 1. The molecular weight excluding hydrogens is 284 g/mol. The SMILES string of the molecule is Cc1cc(Cl)c(C(C)C)cc1OCC(=O)c1ccccc1. The molecule has 0 bridgehead atoms. The smallest absolute Gasteiger partial charge is 0.200 e. The molecule has 0 aliphatic carbocycles. The molecule has 0 amide bonds. The number of hydrogen-bond donors (Lipinski definition) is 0. The standard InChI is InChI=1S/C18H19ClO2/c1-12(2)15-10-18(13(3)9-16(15)19)21-11-17(20)14-7-5-4-6-8-14/h4-10,12H,11H2,1-3H3. The summed E-state index contributed by atoms with van der Waals surface area (Å²) in [6, 6.07) is 13.0. The summed E-state index contributed by atoms with van der Waals surface area (Å²) in [7, 11) is 0. The van der Waals surface area contributed by atoms with Crippen LogP contribution in [-0.4, -0.2) is 12.4 Å². The van der Waals surface area contributed by atoms with Crippen molar-refractivity contribution >= 4 is 17.4 Å². The van der Waals surface area contributed by atoms with Crippen molar-refractivity contribution < 1.29 is 9.53 Å².